The number of ether oxygens (including phenoxy) is 2. The van der Waals surface area contributed by atoms with E-state index in [9.17, 15) is 4.79 Å². The van der Waals surface area contributed by atoms with E-state index in [1.165, 1.54) is 12.3 Å². The van der Waals surface area contributed by atoms with Crippen LogP contribution in [0.25, 0.3) is 11.3 Å². The first-order valence-electron chi connectivity index (χ1n) is 7.09. The second-order valence-corrected chi connectivity index (χ2v) is 4.58. The van der Waals surface area contributed by atoms with Crippen LogP contribution in [0.1, 0.15) is 17.5 Å². The van der Waals surface area contributed by atoms with Crippen molar-refractivity contribution in [2.75, 3.05) is 6.61 Å². The minimum Gasteiger partial charge on any atom is -0.494 e. The quantitative estimate of drug-likeness (QED) is 0.673. The molecule has 2 aromatic heterocycles. The van der Waals surface area contributed by atoms with E-state index in [-0.39, 0.29) is 11.6 Å². The molecule has 0 aliphatic heterocycles. The first kappa shape index (κ1) is 14.8. The maximum absolute atomic E-state index is 11.7. The number of aromatic nitrogens is 2. The molecule has 0 bridgehead atoms. The van der Waals surface area contributed by atoms with Crippen LogP contribution in [0, 0.1) is 0 Å². The zero-order valence-electron chi connectivity index (χ0n) is 12.4. The fourth-order valence-corrected chi connectivity index (χ4v) is 1.96. The Balaban J connectivity index is 1.70. The SMILES string of the molecule is CCOc1ccc(-c2ccc(OC(=O)c3ccco3)nn2)cc1. The number of benzene rings is 1. The van der Waals surface area contributed by atoms with Crippen LogP contribution < -0.4 is 9.47 Å². The van der Waals surface area contributed by atoms with Crippen molar-refractivity contribution >= 4 is 5.97 Å². The molecule has 6 nitrogen and oxygen atoms in total. The van der Waals surface area contributed by atoms with Crippen molar-refractivity contribution < 1.29 is 18.7 Å². The lowest BCUT2D eigenvalue weighted by atomic mass is 10.1. The largest absolute Gasteiger partial charge is 0.494 e. The predicted octanol–water partition coefficient (Wildman–Crippen LogP) is 3.35. The Morgan fingerprint density at radius 2 is 1.91 bits per heavy atom. The zero-order valence-corrected chi connectivity index (χ0v) is 12.4. The highest BCUT2D eigenvalue weighted by atomic mass is 16.6. The predicted molar refractivity (Wildman–Crippen MR) is 82.3 cm³/mol. The summed E-state index contributed by atoms with van der Waals surface area (Å²) < 4.78 is 15.4. The molecule has 1 aromatic carbocycles. The Kier molecular flexibility index (Phi) is 4.33. The van der Waals surface area contributed by atoms with Crippen LogP contribution in [0.3, 0.4) is 0 Å². The number of hydrogen-bond acceptors (Lipinski definition) is 6. The number of furan rings is 1. The van der Waals surface area contributed by atoms with E-state index in [4.69, 9.17) is 13.9 Å². The molecule has 3 rings (SSSR count). The maximum Gasteiger partial charge on any atom is 0.380 e. The molecular formula is C17H14N2O4. The van der Waals surface area contributed by atoms with Gasteiger partial charge in [0.05, 0.1) is 18.6 Å². The highest BCUT2D eigenvalue weighted by Crippen LogP contribution is 2.21. The molecule has 0 aliphatic rings. The molecule has 0 aliphatic carbocycles. The molecule has 0 spiro atoms. The van der Waals surface area contributed by atoms with Crippen molar-refractivity contribution in [2.24, 2.45) is 0 Å². The topological polar surface area (TPSA) is 74.5 Å². The molecule has 0 saturated heterocycles. The summed E-state index contributed by atoms with van der Waals surface area (Å²) in [5.74, 6) is 0.412. The Morgan fingerprint density at radius 3 is 2.52 bits per heavy atom. The van der Waals surface area contributed by atoms with Gasteiger partial charge in [-0.05, 0) is 49.4 Å². The number of carbonyl (C=O) groups is 1. The smallest absolute Gasteiger partial charge is 0.380 e. The third kappa shape index (κ3) is 3.55. The number of esters is 1. The first-order valence-corrected chi connectivity index (χ1v) is 7.09. The first-order chi connectivity index (χ1) is 11.3. The maximum atomic E-state index is 11.7. The number of carbonyl (C=O) groups excluding carboxylic acids is 1. The van der Waals surface area contributed by atoms with Crippen LogP contribution in [-0.4, -0.2) is 22.8 Å². The van der Waals surface area contributed by atoms with Crippen molar-refractivity contribution in [3.63, 3.8) is 0 Å². The molecule has 0 N–H and O–H groups in total. The van der Waals surface area contributed by atoms with E-state index in [1.807, 2.05) is 31.2 Å². The summed E-state index contributed by atoms with van der Waals surface area (Å²) in [6, 6.07) is 14.0. The normalized spacial score (nSPS) is 10.3. The van der Waals surface area contributed by atoms with Gasteiger partial charge in [0.1, 0.15) is 5.75 Å². The third-order valence-corrected chi connectivity index (χ3v) is 3.02. The summed E-state index contributed by atoms with van der Waals surface area (Å²) in [5, 5.41) is 7.96. The monoisotopic (exact) mass is 310 g/mol. The van der Waals surface area contributed by atoms with E-state index in [1.54, 1.807) is 18.2 Å². The van der Waals surface area contributed by atoms with Crippen LogP contribution in [-0.2, 0) is 0 Å². The molecule has 3 aromatic rings. The number of hydrogen-bond donors (Lipinski definition) is 0. The molecule has 0 fully saturated rings. The number of rotatable bonds is 5. The van der Waals surface area contributed by atoms with Gasteiger partial charge in [-0.15, -0.1) is 10.2 Å². The Morgan fingerprint density at radius 1 is 1.09 bits per heavy atom. The second kappa shape index (κ2) is 6.74. The van der Waals surface area contributed by atoms with Gasteiger partial charge in [0.25, 0.3) is 0 Å². The molecule has 0 amide bonds. The van der Waals surface area contributed by atoms with Gasteiger partial charge in [-0.3, -0.25) is 0 Å². The lowest BCUT2D eigenvalue weighted by molar-refractivity contribution is 0.0692. The van der Waals surface area contributed by atoms with Crippen LogP contribution in [0.2, 0.25) is 0 Å². The van der Waals surface area contributed by atoms with E-state index < -0.39 is 5.97 Å². The lowest BCUT2D eigenvalue weighted by Gasteiger charge is -2.05. The molecule has 0 unspecified atom stereocenters. The van der Waals surface area contributed by atoms with Crippen molar-refractivity contribution in [2.45, 2.75) is 6.92 Å². The summed E-state index contributed by atoms with van der Waals surface area (Å²) in [6.07, 6.45) is 1.40. The summed E-state index contributed by atoms with van der Waals surface area (Å²) in [6.45, 7) is 2.55. The third-order valence-electron chi connectivity index (χ3n) is 3.02. The summed E-state index contributed by atoms with van der Waals surface area (Å²) in [5.41, 5.74) is 1.57. The molecular weight excluding hydrogens is 296 g/mol. The molecule has 0 saturated carbocycles. The fraction of sp³-hybridized carbons (Fsp3) is 0.118. The van der Waals surface area contributed by atoms with Gasteiger partial charge in [-0.1, -0.05) is 0 Å². The van der Waals surface area contributed by atoms with Gasteiger partial charge in [0.2, 0.25) is 11.6 Å². The van der Waals surface area contributed by atoms with Crippen molar-refractivity contribution in [1.29, 1.82) is 0 Å². The lowest BCUT2D eigenvalue weighted by Crippen LogP contribution is -2.08. The van der Waals surface area contributed by atoms with Crippen LogP contribution in [0.5, 0.6) is 11.6 Å². The van der Waals surface area contributed by atoms with Crippen LogP contribution >= 0.6 is 0 Å². The second-order valence-electron chi connectivity index (χ2n) is 4.58. The Labute approximate surface area is 132 Å². The van der Waals surface area contributed by atoms with Gasteiger partial charge in [-0.25, -0.2) is 4.79 Å². The fourth-order valence-electron chi connectivity index (χ4n) is 1.96. The van der Waals surface area contributed by atoms with Crippen molar-refractivity contribution in [3.05, 3.63) is 60.6 Å². The minimum absolute atomic E-state index is 0.112. The van der Waals surface area contributed by atoms with E-state index >= 15 is 0 Å². The molecule has 0 atom stereocenters. The van der Waals surface area contributed by atoms with E-state index in [0.29, 0.717) is 12.3 Å². The van der Waals surface area contributed by atoms with Gasteiger partial charge in [0, 0.05) is 11.6 Å². The zero-order chi connectivity index (χ0) is 16.1. The Bertz CT molecular complexity index is 765. The molecule has 6 heteroatoms. The molecule has 2 heterocycles. The molecule has 0 radical (unpaired) electrons. The summed E-state index contributed by atoms with van der Waals surface area (Å²) >= 11 is 0. The van der Waals surface area contributed by atoms with Gasteiger partial charge >= 0.3 is 5.97 Å². The van der Waals surface area contributed by atoms with Gasteiger partial charge in [0.15, 0.2) is 0 Å². The van der Waals surface area contributed by atoms with Gasteiger partial charge in [-0.2, -0.15) is 0 Å². The minimum atomic E-state index is -0.613. The highest BCUT2D eigenvalue weighted by Gasteiger charge is 2.12. The van der Waals surface area contributed by atoms with Crippen LogP contribution in [0.15, 0.2) is 59.2 Å². The summed E-state index contributed by atoms with van der Waals surface area (Å²) in [4.78, 5) is 11.7. The van der Waals surface area contributed by atoms with Crippen LogP contribution in [0.4, 0.5) is 0 Å². The summed E-state index contributed by atoms with van der Waals surface area (Å²) in [7, 11) is 0. The molecule has 116 valence electrons. The van der Waals surface area contributed by atoms with Crippen molar-refractivity contribution in [1.82, 2.24) is 10.2 Å². The average molecular weight is 310 g/mol. The average Bonchev–Trinajstić information content (AvgIpc) is 3.11. The number of nitrogens with zero attached hydrogens (tertiary/aromatic N) is 2. The van der Waals surface area contributed by atoms with Crippen molar-refractivity contribution in [3.8, 4) is 22.9 Å². The highest BCUT2D eigenvalue weighted by molar-refractivity contribution is 5.87. The van der Waals surface area contributed by atoms with E-state index in [0.717, 1.165) is 11.3 Å². The molecule has 23 heavy (non-hydrogen) atoms. The van der Waals surface area contributed by atoms with E-state index in [2.05, 4.69) is 10.2 Å². The Hall–Kier alpha value is -3.15. The standard InChI is InChI=1S/C17H14N2O4/c1-2-21-13-7-5-12(6-8-13)14-9-10-16(19-18-14)23-17(20)15-4-3-11-22-15/h3-11H,2H2,1H3. The van der Waals surface area contributed by atoms with Gasteiger partial charge < -0.3 is 13.9 Å².